The number of benzene rings is 2. The van der Waals surface area contributed by atoms with Gasteiger partial charge in [-0.2, -0.15) is 0 Å². The Bertz CT molecular complexity index is 891. The van der Waals surface area contributed by atoms with Crippen molar-refractivity contribution >= 4 is 11.0 Å². The number of nitrogens with zero attached hydrogens (tertiary/aromatic N) is 1. The van der Waals surface area contributed by atoms with Gasteiger partial charge in [0.2, 0.25) is 0 Å². The van der Waals surface area contributed by atoms with E-state index in [4.69, 9.17) is 0 Å². The Morgan fingerprint density at radius 3 is 2.86 bits per heavy atom. The van der Waals surface area contributed by atoms with Crippen LogP contribution in [0.2, 0.25) is 0 Å². The second kappa shape index (κ2) is 4.58. The van der Waals surface area contributed by atoms with E-state index in [9.17, 15) is 9.18 Å². The fourth-order valence-corrected chi connectivity index (χ4v) is 3.19. The van der Waals surface area contributed by atoms with Gasteiger partial charge in [0.1, 0.15) is 5.82 Å². The number of aryl methyl sites for hydroxylation is 2. The highest BCUT2D eigenvalue weighted by atomic mass is 19.1. The van der Waals surface area contributed by atoms with Crippen molar-refractivity contribution < 1.29 is 4.39 Å². The Morgan fingerprint density at radius 2 is 1.95 bits per heavy atom. The first-order valence-electron chi connectivity index (χ1n) is 7.19. The summed E-state index contributed by atoms with van der Waals surface area (Å²) in [5.74, 6) is -0.329. The highest BCUT2D eigenvalue weighted by Crippen LogP contribution is 2.23. The summed E-state index contributed by atoms with van der Waals surface area (Å²) in [6.07, 6.45) is 3.46. The number of nitrogens with one attached hydrogen (secondary N) is 1. The van der Waals surface area contributed by atoms with E-state index in [0.29, 0.717) is 17.6 Å². The topological polar surface area (TPSA) is 37.8 Å². The minimum Gasteiger partial charge on any atom is -0.306 e. The molecule has 0 atom stereocenters. The van der Waals surface area contributed by atoms with Crippen LogP contribution in [0, 0.1) is 5.82 Å². The fourth-order valence-electron chi connectivity index (χ4n) is 3.19. The van der Waals surface area contributed by atoms with Crippen molar-refractivity contribution in [2.45, 2.75) is 25.8 Å². The number of halogens is 1. The number of imidazole rings is 1. The first kappa shape index (κ1) is 12.4. The van der Waals surface area contributed by atoms with E-state index in [1.54, 1.807) is 10.6 Å². The van der Waals surface area contributed by atoms with Crippen molar-refractivity contribution in [3.63, 3.8) is 0 Å². The Labute approximate surface area is 121 Å². The van der Waals surface area contributed by atoms with Crippen LogP contribution in [0.3, 0.4) is 0 Å². The molecule has 2 aromatic carbocycles. The molecule has 0 unspecified atom stereocenters. The average Bonchev–Trinajstić information content (AvgIpc) is 3.04. The third-order valence-corrected chi connectivity index (χ3v) is 4.24. The number of aromatic amines is 1. The van der Waals surface area contributed by atoms with Crippen molar-refractivity contribution in [1.29, 1.82) is 0 Å². The zero-order valence-electron chi connectivity index (χ0n) is 11.5. The van der Waals surface area contributed by atoms with Crippen LogP contribution in [-0.2, 0) is 19.4 Å². The predicted molar refractivity (Wildman–Crippen MR) is 80.1 cm³/mol. The van der Waals surface area contributed by atoms with Crippen molar-refractivity contribution in [1.82, 2.24) is 9.55 Å². The first-order valence-corrected chi connectivity index (χ1v) is 7.19. The molecule has 0 bridgehead atoms. The van der Waals surface area contributed by atoms with Gasteiger partial charge >= 0.3 is 5.69 Å². The largest absolute Gasteiger partial charge is 0.326 e. The molecule has 0 saturated carbocycles. The van der Waals surface area contributed by atoms with Gasteiger partial charge in [0.05, 0.1) is 17.6 Å². The van der Waals surface area contributed by atoms with Crippen LogP contribution in [0.4, 0.5) is 4.39 Å². The summed E-state index contributed by atoms with van der Waals surface area (Å²) in [4.78, 5) is 14.8. The van der Waals surface area contributed by atoms with Crippen molar-refractivity contribution in [2.24, 2.45) is 0 Å². The van der Waals surface area contributed by atoms with Gasteiger partial charge < -0.3 is 4.98 Å². The Morgan fingerprint density at radius 1 is 1.10 bits per heavy atom. The summed E-state index contributed by atoms with van der Waals surface area (Å²) >= 11 is 0. The molecule has 4 rings (SSSR count). The fraction of sp³-hybridized carbons (Fsp3) is 0.235. The first-order chi connectivity index (χ1) is 10.2. The van der Waals surface area contributed by atoms with Crippen LogP contribution in [0.5, 0.6) is 0 Å². The Kier molecular flexibility index (Phi) is 2.70. The van der Waals surface area contributed by atoms with Crippen LogP contribution >= 0.6 is 0 Å². The lowest BCUT2D eigenvalue weighted by Crippen LogP contribution is -2.17. The molecule has 3 aromatic rings. The third-order valence-electron chi connectivity index (χ3n) is 4.24. The molecule has 0 aliphatic heterocycles. The lowest BCUT2D eigenvalue weighted by Gasteiger charge is -2.06. The second-order valence-corrected chi connectivity index (χ2v) is 5.63. The van der Waals surface area contributed by atoms with E-state index in [0.717, 1.165) is 18.4 Å². The average molecular weight is 282 g/mol. The summed E-state index contributed by atoms with van der Waals surface area (Å²) in [5.41, 5.74) is 4.96. The summed E-state index contributed by atoms with van der Waals surface area (Å²) in [6.45, 7) is 0.468. The predicted octanol–water partition coefficient (Wildman–Crippen LogP) is 3.01. The number of H-pyrrole nitrogens is 1. The van der Waals surface area contributed by atoms with Crippen molar-refractivity contribution in [3.8, 4) is 0 Å². The third kappa shape index (κ3) is 2.07. The van der Waals surface area contributed by atoms with E-state index in [1.165, 1.54) is 29.7 Å². The highest BCUT2D eigenvalue weighted by molar-refractivity contribution is 5.75. The summed E-state index contributed by atoms with van der Waals surface area (Å²) in [6, 6.07) is 10.8. The van der Waals surface area contributed by atoms with Gasteiger partial charge in [-0.05, 0) is 54.2 Å². The quantitative estimate of drug-likeness (QED) is 0.771. The SMILES string of the molecule is O=c1[nH]c2ccc(F)cc2n1Cc1ccc2c(c1)CCC2. The van der Waals surface area contributed by atoms with Crippen LogP contribution in [0.1, 0.15) is 23.1 Å². The summed E-state index contributed by atoms with van der Waals surface area (Å²) in [7, 11) is 0. The van der Waals surface area contributed by atoms with Crippen molar-refractivity contribution in [3.05, 3.63) is 69.4 Å². The van der Waals surface area contributed by atoms with Gasteiger partial charge in [0.15, 0.2) is 0 Å². The van der Waals surface area contributed by atoms with Crippen molar-refractivity contribution in [2.75, 3.05) is 0 Å². The molecule has 0 fully saturated rings. The molecule has 1 aliphatic carbocycles. The minimum absolute atomic E-state index is 0.198. The Hall–Kier alpha value is -2.36. The minimum atomic E-state index is -0.329. The van der Waals surface area contributed by atoms with E-state index in [2.05, 4.69) is 23.2 Å². The van der Waals surface area contributed by atoms with Crippen LogP contribution in [-0.4, -0.2) is 9.55 Å². The number of fused-ring (bicyclic) bond motifs is 2. The normalized spacial score (nSPS) is 13.8. The molecule has 0 radical (unpaired) electrons. The molecule has 106 valence electrons. The van der Waals surface area contributed by atoms with Gasteiger partial charge in [0.25, 0.3) is 0 Å². The maximum Gasteiger partial charge on any atom is 0.326 e. The number of hydrogen-bond donors (Lipinski definition) is 1. The molecule has 1 heterocycles. The summed E-state index contributed by atoms with van der Waals surface area (Å²) < 4.78 is 15.0. The molecule has 1 aliphatic rings. The van der Waals surface area contributed by atoms with E-state index in [-0.39, 0.29) is 11.5 Å². The molecule has 1 aromatic heterocycles. The van der Waals surface area contributed by atoms with Gasteiger partial charge in [-0.15, -0.1) is 0 Å². The zero-order valence-corrected chi connectivity index (χ0v) is 11.5. The lowest BCUT2D eigenvalue weighted by molar-refractivity contribution is 0.628. The highest BCUT2D eigenvalue weighted by Gasteiger charge is 2.12. The molecule has 4 heteroatoms. The van der Waals surface area contributed by atoms with Gasteiger partial charge in [0, 0.05) is 0 Å². The van der Waals surface area contributed by atoms with Gasteiger partial charge in [-0.1, -0.05) is 18.2 Å². The standard InChI is InChI=1S/C17H15FN2O/c18-14-6-7-15-16(9-14)20(17(21)19-15)10-11-4-5-12-2-1-3-13(12)8-11/h4-9H,1-3,10H2,(H,19,21). The molecule has 21 heavy (non-hydrogen) atoms. The second-order valence-electron chi connectivity index (χ2n) is 5.63. The maximum atomic E-state index is 13.4. The monoisotopic (exact) mass is 282 g/mol. The molecular weight excluding hydrogens is 267 g/mol. The number of hydrogen-bond acceptors (Lipinski definition) is 1. The molecular formula is C17H15FN2O. The van der Waals surface area contributed by atoms with Crippen LogP contribution in [0.15, 0.2) is 41.2 Å². The van der Waals surface area contributed by atoms with Gasteiger partial charge in [-0.3, -0.25) is 4.57 Å². The summed E-state index contributed by atoms with van der Waals surface area (Å²) in [5, 5.41) is 0. The smallest absolute Gasteiger partial charge is 0.306 e. The molecule has 0 amide bonds. The molecule has 0 spiro atoms. The van der Waals surface area contributed by atoms with E-state index in [1.807, 2.05) is 0 Å². The Balaban J connectivity index is 1.79. The molecule has 1 N–H and O–H groups in total. The number of rotatable bonds is 2. The van der Waals surface area contributed by atoms with E-state index < -0.39 is 0 Å². The number of aromatic nitrogens is 2. The van der Waals surface area contributed by atoms with Crippen LogP contribution < -0.4 is 5.69 Å². The van der Waals surface area contributed by atoms with Gasteiger partial charge in [-0.25, -0.2) is 9.18 Å². The lowest BCUT2D eigenvalue weighted by atomic mass is 10.1. The zero-order chi connectivity index (χ0) is 14.4. The molecule has 0 saturated heterocycles. The molecule has 3 nitrogen and oxygen atoms in total. The van der Waals surface area contributed by atoms with E-state index >= 15 is 0 Å². The maximum absolute atomic E-state index is 13.4. The van der Waals surface area contributed by atoms with Crippen LogP contribution in [0.25, 0.3) is 11.0 Å².